The highest BCUT2D eigenvalue weighted by molar-refractivity contribution is 5.21. The van der Waals surface area contributed by atoms with E-state index in [2.05, 4.69) is 0 Å². The standard InChI is InChI=1S/C11H15NO2/c12-9-6-7-10(11(9)13)14-8-4-2-1-3-5-8/h1-5,9-11,13H,6-7,12H2/t9-,10-,11+/m0/s1. The minimum absolute atomic E-state index is 0.135. The van der Waals surface area contributed by atoms with Crippen LogP contribution in [-0.2, 0) is 0 Å². The van der Waals surface area contributed by atoms with Gasteiger partial charge in [0.25, 0.3) is 0 Å². The van der Waals surface area contributed by atoms with Crippen molar-refractivity contribution in [2.45, 2.75) is 31.1 Å². The van der Waals surface area contributed by atoms with Crippen LogP contribution in [-0.4, -0.2) is 23.4 Å². The van der Waals surface area contributed by atoms with Gasteiger partial charge in [-0.3, -0.25) is 0 Å². The predicted octanol–water partition coefficient (Wildman–Crippen LogP) is 0.916. The van der Waals surface area contributed by atoms with E-state index in [0.29, 0.717) is 0 Å². The Morgan fingerprint density at radius 2 is 1.93 bits per heavy atom. The van der Waals surface area contributed by atoms with E-state index in [1.165, 1.54) is 0 Å². The van der Waals surface area contributed by atoms with Gasteiger partial charge in [-0.15, -0.1) is 0 Å². The van der Waals surface area contributed by atoms with Crippen LogP contribution < -0.4 is 10.5 Å². The maximum atomic E-state index is 9.67. The van der Waals surface area contributed by atoms with Crippen molar-refractivity contribution in [3.05, 3.63) is 30.3 Å². The zero-order chi connectivity index (χ0) is 9.97. The monoisotopic (exact) mass is 193 g/mol. The van der Waals surface area contributed by atoms with Crippen LogP contribution in [0.15, 0.2) is 30.3 Å². The first-order valence-corrected chi connectivity index (χ1v) is 4.93. The maximum Gasteiger partial charge on any atom is 0.126 e. The summed E-state index contributed by atoms with van der Waals surface area (Å²) < 4.78 is 5.63. The summed E-state index contributed by atoms with van der Waals surface area (Å²) in [6.07, 6.45) is 0.984. The topological polar surface area (TPSA) is 55.5 Å². The highest BCUT2D eigenvalue weighted by Crippen LogP contribution is 2.23. The normalized spacial score (nSPS) is 31.7. The molecule has 1 aromatic rings. The summed E-state index contributed by atoms with van der Waals surface area (Å²) >= 11 is 0. The molecule has 0 spiro atoms. The Morgan fingerprint density at radius 3 is 2.50 bits per heavy atom. The molecule has 0 heterocycles. The molecule has 0 radical (unpaired) electrons. The second kappa shape index (κ2) is 3.98. The van der Waals surface area contributed by atoms with Gasteiger partial charge in [0.2, 0.25) is 0 Å². The molecule has 1 aliphatic carbocycles. The summed E-state index contributed by atoms with van der Waals surface area (Å²) in [7, 11) is 0. The second-order valence-electron chi connectivity index (χ2n) is 3.70. The molecule has 3 N–H and O–H groups in total. The fourth-order valence-electron chi connectivity index (χ4n) is 1.78. The minimum Gasteiger partial charge on any atom is -0.488 e. The van der Waals surface area contributed by atoms with Crippen molar-refractivity contribution in [1.29, 1.82) is 0 Å². The van der Waals surface area contributed by atoms with E-state index in [9.17, 15) is 5.11 Å². The molecule has 3 atom stereocenters. The summed E-state index contributed by atoms with van der Waals surface area (Å²) in [5.74, 6) is 0.797. The zero-order valence-corrected chi connectivity index (χ0v) is 7.97. The summed E-state index contributed by atoms with van der Waals surface area (Å²) in [6.45, 7) is 0. The quantitative estimate of drug-likeness (QED) is 0.734. The number of rotatable bonds is 2. The molecule has 2 rings (SSSR count). The smallest absolute Gasteiger partial charge is 0.126 e. The number of benzene rings is 1. The first-order valence-electron chi connectivity index (χ1n) is 4.93. The van der Waals surface area contributed by atoms with E-state index in [0.717, 1.165) is 18.6 Å². The Bertz CT molecular complexity index is 289. The highest BCUT2D eigenvalue weighted by atomic mass is 16.5. The first-order chi connectivity index (χ1) is 6.77. The molecule has 76 valence electrons. The van der Waals surface area contributed by atoms with Gasteiger partial charge in [-0.25, -0.2) is 0 Å². The van der Waals surface area contributed by atoms with Crippen molar-refractivity contribution in [2.24, 2.45) is 5.73 Å². The van der Waals surface area contributed by atoms with Crippen LogP contribution in [0.1, 0.15) is 12.8 Å². The summed E-state index contributed by atoms with van der Waals surface area (Å²) in [6, 6.07) is 9.40. The molecule has 1 saturated carbocycles. The van der Waals surface area contributed by atoms with Crippen molar-refractivity contribution in [2.75, 3.05) is 0 Å². The fraction of sp³-hybridized carbons (Fsp3) is 0.455. The molecule has 0 aromatic heterocycles. The molecule has 1 aromatic carbocycles. The van der Waals surface area contributed by atoms with Gasteiger partial charge in [-0.05, 0) is 25.0 Å². The highest BCUT2D eigenvalue weighted by Gasteiger charge is 2.33. The third-order valence-electron chi connectivity index (χ3n) is 2.63. The third-order valence-corrected chi connectivity index (χ3v) is 2.63. The lowest BCUT2D eigenvalue weighted by Crippen LogP contribution is -2.37. The number of para-hydroxylation sites is 1. The Balaban J connectivity index is 1.99. The fourth-order valence-corrected chi connectivity index (χ4v) is 1.78. The Labute approximate surface area is 83.5 Å². The lowest BCUT2D eigenvalue weighted by Gasteiger charge is -2.18. The summed E-state index contributed by atoms with van der Waals surface area (Å²) in [4.78, 5) is 0. The van der Waals surface area contributed by atoms with E-state index >= 15 is 0 Å². The van der Waals surface area contributed by atoms with Crippen LogP contribution in [0, 0.1) is 0 Å². The first kappa shape index (κ1) is 9.49. The molecule has 3 nitrogen and oxygen atoms in total. The van der Waals surface area contributed by atoms with Crippen molar-refractivity contribution in [1.82, 2.24) is 0 Å². The third kappa shape index (κ3) is 1.89. The predicted molar refractivity (Wildman–Crippen MR) is 54.1 cm³/mol. The van der Waals surface area contributed by atoms with E-state index in [4.69, 9.17) is 10.5 Å². The number of ether oxygens (including phenoxy) is 1. The average molecular weight is 193 g/mol. The van der Waals surface area contributed by atoms with E-state index in [-0.39, 0.29) is 12.1 Å². The van der Waals surface area contributed by atoms with Gasteiger partial charge in [-0.1, -0.05) is 18.2 Å². The number of nitrogens with two attached hydrogens (primary N) is 1. The summed E-state index contributed by atoms with van der Waals surface area (Å²) in [5, 5.41) is 9.67. The number of hydrogen-bond acceptors (Lipinski definition) is 3. The molecule has 0 bridgehead atoms. The molecule has 3 heteroatoms. The summed E-state index contributed by atoms with van der Waals surface area (Å²) in [5.41, 5.74) is 5.69. The molecule has 0 unspecified atom stereocenters. The molecule has 0 saturated heterocycles. The Hall–Kier alpha value is -1.06. The van der Waals surface area contributed by atoms with Crippen LogP contribution >= 0.6 is 0 Å². The SMILES string of the molecule is N[C@H]1CC[C@H](Oc2ccccc2)[C@@H]1O. The van der Waals surface area contributed by atoms with E-state index in [1.807, 2.05) is 30.3 Å². The molecular formula is C11H15NO2. The van der Waals surface area contributed by atoms with Crippen molar-refractivity contribution < 1.29 is 9.84 Å². The molecule has 1 aliphatic rings. The number of aliphatic hydroxyl groups excluding tert-OH is 1. The lowest BCUT2D eigenvalue weighted by molar-refractivity contribution is 0.0521. The van der Waals surface area contributed by atoms with Crippen LogP contribution in [0.2, 0.25) is 0 Å². The van der Waals surface area contributed by atoms with Gasteiger partial charge in [0.05, 0.1) is 0 Å². The maximum absolute atomic E-state index is 9.67. The van der Waals surface area contributed by atoms with Crippen molar-refractivity contribution in [3.63, 3.8) is 0 Å². The minimum atomic E-state index is -0.532. The van der Waals surface area contributed by atoms with Gasteiger partial charge in [0.15, 0.2) is 0 Å². The second-order valence-corrected chi connectivity index (χ2v) is 3.70. The average Bonchev–Trinajstić information content (AvgIpc) is 2.52. The van der Waals surface area contributed by atoms with Crippen LogP contribution in [0.25, 0.3) is 0 Å². The van der Waals surface area contributed by atoms with Gasteiger partial charge in [-0.2, -0.15) is 0 Å². The molecule has 0 amide bonds. The molecule has 0 aliphatic heterocycles. The van der Waals surface area contributed by atoms with Gasteiger partial charge < -0.3 is 15.6 Å². The van der Waals surface area contributed by atoms with E-state index < -0.39 is 6.10 Å². The van der Waals surface area contributed by atoms with Crippen molar-refractivity contribution in [3.8, 4) is 5.75 Å². The number of hydrogen-bond donors (Lipinski definition) is 2. The molecular weight excluding hydrogens is 178 g/mol. The van der Waals surface area contributed by atoms with Crippen LogP contribution in [0.5, 0.6) is 5.75 Å². The number of aliphatic hydroxyl groups is 1. The van der Waals surface area contributed by atoms with Crippen LogP contribution in [0.4, 0.5) is 0 Å². The van der Waals surface area contributed by atoms with Gasteiger partial charge in [0, 0.05) is 6.04 Å². The lowest BCUT2D eigenvalue weighted by atomic mass is 10.2. The largest absolute Gasteiger partial charge is 0.488 e. The van der Waals surface area contributed by atoms with Gasteiger partial charge in [0.1, 0.15) is 18.0 Å². The van der Waals surface area contributed by atoms with E-state index in [1.54, 1.807) is 0 Å². The van der Waals surface area contributed by atoms with Crippen LogP contribution in [0.3, 0.4) is 0 Å². The van der Waals surface area contributed by atoms with Gasteiger partial charge >= 0.3 is 0 Å². The molecule has 14 heavy (non-hydrogen) atoms. The Kier molecular flexibility index (Phi) is 2.70. The van der Waals surface area contributed by atoms with Crippen molar-refractivity contribution >= 4 is 0 Å². The molecule has 1 fully saturated rings. The Morgan fingerprint density at radius 1 is 1.21 bits per heavy atom. The zero-order valence-electron chi connectivity index (χ0n) is 7.97.